The van der Waals surface area contributed by atoms with E-state index in [9.17, 15) is 0 Å². The Hall–Kier alpha value is -1.50. The number of aromatic nitrogens is 3. The van der Waals surface area contributed by atoms with Crippen molar-refractivity contribution in [2.24, 2.45) is 5.10 Å². The zero-order valence-corrected chi connectivity index (χ0v) is 12.9. The van der Waals surface area contributed by atoms with Crippen molar-refractivity contribution >= 4 is 47.8 Å². The Morgan fingerprint density at radius 3 is 2.80 bits per heavy atom. The number of rotatable bonds is 4. The van der Waals surface area contributed by atoms with Crippen molar-refractivity contribution in [2.45, 2.75) is 13.3 Å². The molecule has 0 aliphatic carbocycles. The van der Waals surface area contributed by atoms with Crippen LogP contribution < -0.4 is 11.3 Å². The quantitative estimate of drug-likeness (QED) is 0.511. The first-order valence-corrected chi connectivity index (χ1v) is 6.31. The minimum atomic E-state index is 0. The molecule has 0 saturated heterocycles. The lowest BCUT2D eigenvalue weighted by Gasteiger charge is -2.01. The number of hydrazone groups is 1. The number of anilines is 1. The third-order valence-corrected chi connectivity index (χ3v) is 3.27. The molecule has 0 saturated carbocycles. The average molecular weight is 336 g/mol. The number of benzene rings is 1. The minimum Gasteiger partial charge on any atom is -0.335 e. The van der Waals surface area contributed by atoms with E-state index in [0.29, 0.717) is 33.8 Å². The Morgan fingerprint density at radius 1 is 1.40 bits per heavy atom. The Balaban J connectivity index is 0.00000200. The van der Waals surface area contributed by atoms with Crippen molar-refractivity contribution in [1.29, 1.82) is 0 Å². The lowest BCUT2D eigenvalue weighted by Crippen LogP contribution is -2.14. The smallest absolute Gasteiger partial charge is 0.263 e. The minimum absolute atomic E-state index is 0. The Kier molecular flexibility index (Phi) is 6.06. The van der Waals surface area contributed by atoms with E-state index in [0.717, 1.165) is 0 Å². The van der Waals surface area contributed by atoms with E-state index in [1.54, 1.807) is 18.2 Å². The van der Waals surface area contributed by atoms with E-state index >= 15 is 0 Å². The topological polar surface area (TPSA) is 81.1 Å². The standard InChI is InChI=1S/C11H12Cl2N6.ClH/c1-2-9-16-18-11(19(9)14)17-15-6-7-4-3-5-8(12)10(7)13;/h3-6H,2,14H2,1H3,(H,17,18);1H/b15-6+;. The number of hydrogen-bond donors (Lipinski definition) is 2. The lowest BCUT2D eigenvalue weighted by atomic mass is 10.2. The number of aryl methyl sites for hydroxylation is 1. The van der Waals surface area contributed by atoms with Gasteiger partial charge in [-0.05, 0) is 6.07 Å². The van der Waals surface area contributed by atoms with Crippen molar-refractivity contribution in [3.8, 4) is 0 Å². The zero-order valence-electron chi connectivity index (χ0n) is 10.5. The van der Waals surface area contributed by atoms with Gasteiger partial charge < -0.3 is 5.84 Å². The number of nitrogen functional groups attached to an aromatic ring is 1. The number of halogens is 3. The molecule has 2 rings (SSSR count). The molecule has 0 radical (unpaired) electrons. The number of nitrogens with zero attached hydrogens (tertiary/aromatic N) is 4. The maximum absolute atomic E-state index is 6.02. The summed E-state index contributed by atoms with van der Waals surface area (Å²) in [4.78, 5) is 0. The second-order valence-corrected chi connectivity index (χ2v) is 4.46. The molecule has 1 aromatic carbocycles. The van der Waals surface area contributed by atoms with Gasteiger partial charge in [-0.2, -0.15) is 5.10 Å². The molecule has 0 fully saturated rings. The summed E-state index contributed by atoms with van der Waals surface area (Å²) in [6.07, 6.45) is 2.23. The van der Waals surface area contributed by atoms with Crippen LogP contribution in [0.5, 0.6) is 0 Å². The van der Waals surface area contributed by atoms with Crippen LogP contribution in [0.2, 0.25) is 10.0 Å². The van der Waals surface area contributed by atoms with Gasteiger partial charge in [-0.1, -0.05) is 42.3 Å². The normalized spacial score (nSPS) is 10.6. The van der Waals surface area contributed by atoms with E-state index in [1.165, 1.54) is 10.9 Å². The highest BCUT2D eigenvalue weighted by molar-refractivity contribution is 6.43. The summed E-state index contributed by atoms with van der Waals surface area (Å²) in [5, 5.41) is 12.7. The van der Waals surface area contributed by atoms with Gasteiger partial charge in [0, 0.05) is 12.0 Å². The van der Waals surface area contributed by atoms with Gasteiger partial charge in [0.05, 0.1) is 16.3 Å². The van der Waals surface area contributed by atoms with Crippen LogP contribution in [0, 0.1) is 0 Å². The average Bonchev–Trinajstić information content (AvgIpc) is 2.75. The molecule has 108 valence electrons. The lowest BCUT2D eigenvalue weighted by molar-refractivity contribution is 0.855. The Bertz CT molecular complexity index is 610. The summed E-state index contributed by atoms with van der Waals surface area (Å²) in [6, 6.07) is 5.29. The molecule has 0 atom stereocenters. The van der Waals surface area contributed by atoms with E-state index in [1.807, 2.05) is 6.92 Å². The molecule has 0 amide bonds. The number of nitrogens with two attached hydrogens (primary N) is 1. The van der Waals surface area contributed by atoms with Crippen LogP contribution in [0.25, 0.3) is 0 Å². The Labute approximate surface area is 132 Å². The molecule has 0 unspecified atom stereocenters. The fourth-order valence-corrected chi connectivity index (χ4v) is 1.78. The first-order valence-electron chi connectivity index (χ1n) is 5.56. The summed E-state index contributed by atoms with van der Waals surface area (Å²) in [5.74, 6) is 6.77. The summed E-state index contributed by atoms with van der Waals surface area (Å²) in [6.45, 7) is 1.94. The number of nitrogens with one attached hydrogen (secondary N) is 1. The van der Waals surface area contributed by atoms with E-state index < -0.39 is 0 Å². The summed E-state index contributed by atoms with van der Waals surface area (Å²) >= 11 is 11.9. The molecular weight excluding hydrogens is 323 g/mol. The Morgan fingerprint density at radius 2 is 2.15 bits per heavy atom. The highest BCUT2D eigenvalue weighted by atomic mass is 35.5. The largest absolute Gasteiger partial charge is 0.335 e. The van der Waals surface area contributed by atoms with Crippen LogP contribution in [0.1, 0.15) is 18.3 Å². The fourth-order valence-electron chi connectivity index (χ4n) is 1.42. The van der Waals surface area contributed by atoms with Gasteiger partial charge in [0.2, 0.25) is 0 Å². The van der Waals surface area contributed by atoms with Crippen LogP contribution in [-0.4, -0.2) is 21.1 Å². The van der Waals surface area contributed by atoms with Crippen molar-refractivity contribution < 1.29 is 0 Å². The molecule has 3 N–H and O–H groups in total. The van der Waals surface area contributed by atoms with Crippen LogP contribution in [-0.2, 0) is 6.42 Å². The highest BCUT2D eigenvalue weighted by Gasteiger charge is 2.06. The third-order valence-electron chi connectivity index (χ3n) is 2.43. The van der Waals surface area contributed by atoms with Crippen LogP contribution in [0.4, 0.5) is 5.95 Å². The molecule has 1 heterocycles. The number of hydrogen-bond acceptors (Lipinski definition) is 5. The first kappa shape index (κ1) is 16.6. The molecule has 0 bridgehead atoms. The zero-order chi connectivity index (χ0) is 13.8. The van der Waals surface area contributed by atoms with Gasteiger partial charge >= 0.3 is 0 Å². The molecule has 1 aromatic heterocycles. The monoisotopic (exact) mass is 334 g/mol. The molecule has 9 heteroatoms. The van der Waals surface area contributed by atoms with Crippen molar-refractivity contribution in [3.63, 3.8) is 0 Å². The molecule has 0 aliphatic rings. The fraction of sp³-hybridized carbons (Fsp3) is 0.182. The molecule has 6 nitrogen and oxygen atoms in total. The van der Waals surface area contributed by atoms with Gasteiger partial charge in [0.1, 0.15) is 0 Å². The molecular formula is C11H13Cl3N6. The second kappa shape index (κ2) is 7.33. The molecule has 0 aliphatic heterocycles. The predicted molar refractivity (Wildman–Crippen MR) is 84.5 cm³/mol. The molecule has 2 aromatic rings. The SMILES string of the molecule is CCc1nnc(N/N=C/c2cccc(Cl)c2Cl)n1N.Cl. The second-order valence-electron chi connectivity index (χ2n) is 3.68. The molecule has 20 heavy (non-hydrogen) atoms. The highest BCUT2D eigenvalue weighted by Crippen LogP contribution is 2.24. The maximum atomic E-state index is 6.02. The predicted octanol–water partition coefficient (Wildman–Crippen LogP) is 2.73. The van der Waals surface area contributed by atoms with Crippen molar-refractivity contribution in [2.75, 3.05) is 11.3 Å². The van der Waals surface area contributed by atoms with Gasteiger partial charge in [-0.15, -0.1) is 22.6 Å². The van der Waals surface area contributed by atoms with Crippen LogP contribution in [0.3, 0.4) is 0 Å². The summed E-state index contributed by atoms with van der Waals surface area (Å²) in [5.41, 5.74) is 3.39. The van der Waals surface area contributed by atoms with E-state index in [2.05, 4.69) is 20.7 Å². The molecule has 0 spiro atoms. The van der Waals surface area contributed by atoms with E-state index in [-0.39, 0.29) is 12.4 Å². The van der Waals surface area contributed by atoms with Gasteiger partial charge in [0.15, 0.2) is 5.82 Å². The van der Waals surface area contributed by atoms with Gasteiger partial charge in [-0.3, -0.25) is 0 Å². The van der Waals surface area contributed by atoms with Gasteiger partial charge in [-0.25, -0.2) is 10.1 Å². The summed E-state index contributed by atoms with van der Waals surface area (Å²) in [7, 11) is 0. The maximum Gasteiger partial charge on any atom is 0.263 e. The van der Waals surface area contributed by atoms with E-state index in [4.69, 9.17) is 29.0 Å². The van der Waals surface area contributed by atoms with Crippen molar-refractivity contribution in [1.82, 2.24) is 14.9 Å². The summed E-state index contributed by atoms with van der Waals surface area (Å²) < 4.78 is 1.34. The van der Waals surface area contributed by atoms with Crippen LogP contribution >= 0.6 is 35.6 Å². The first-order chi connectivity index (χ1) is 9.13. The van der Waals surface area contributed by atoms with Crippen molar-refractivity contribution in [3.05, 3.63) is 39.6 Å². The van der Waals surface area contributed by atoms with Gasteiger partial charge in [0.25, 0.3) is 5.95 Å². The third kappa shape index (κ3) is 3.53. The van der Waals surface area contributed by atoms with Crippen LogP contribution in [0.15, 0.2) is 23.3 Å².